The van der Waals surface area contributed by atoms with Gasteiger partial charge in [-0.25, -0.2) is 0 Å². The molecule has 3 rings (SSSR count). The van der Waals surface area contributed by atoms with Gasteiger partial charge in [0.15, 0.2) is 5.82 Å². The lowest BCUT2D eigenvalue weighted by molar-refractivity contribution is 0.192. The number of hydrogen-bond acceptors (Lipinski definition) is 4. The van der Waals surface area contributed by atoms with Crippen molar-refractivity contribution in [1.29, 1.82) is 0 Å². The molecule has 1 saturated heterocycles. The normalized spacial score (nSPS) is 29.9. The smallest absolute Gasteiger partial charge is 0.150 e. The second kappa shape index (κ2) is 4.97. The first-order valence-corrected chi connectivity index (χ1v) is 7.08. The Kier molecular flexibility index (Phi) is 3.35. The van der Waals surface area contributed by atoms with Gasteiger partial charge in [-0.3, -0.25) is 0 Å². The van der Waals surface area contributed by atoms with Crippen LogP contribution in [0.15, 0.2) is 0 Å². The van der Waals surface area contributed by atoms with Gasteiger partial charge in [-0.2, -0.15) is 0 Å². The van der Waals surface area contributed by atoms with Gasteiger partial charge in [-0.1, -0.05) is 19.3 Å². The molecule has 2 atom stereocenters. The molecule has 2 aliphatic rings. The first-order chi connectivity index (χ1) is 8.75. The fourth-order valence-electron chi connectivity index (χ4n) is 3.33. The van der Waals surface area contributed by atoms with Crippen LogP contribution in [-0.4, -0.2) is 32.5 Å². The highest BCUT2D eigenvalue weighted by Gasteiger charge is 2.30. The Labute approximate surface area is 108 Å². The Morgan fingerprint density at radius 1 is 1.22 bits per heavy atom. The molecule has 5 nitrogen and oxygen atoms in total. The van der Waals surface area contributed by atoms with Crippen molar-refractivity contribution in [3.8, 4) is 0 Å². The van der Waals surface area contributed by atoms with Crippen LogP contribution in [0.4, 0.5) is 0 Å². The van der Waals surface area contributed by atoms with Crippen molar-refractivity contribution in [2.24, 2.45) is 0 Å². The highest BCUT2D eigenvalue weighted by atomic mass is 16.3. The van der Waals surface area contributed by atoms with E-state index in [0.717, 1.165) is 18.1 Å². The minimum absolute atomic E-state index is 0.170. The molecule has 1 aliphatic heterocycles. The summed E-state index contributed by atoms with van der Waals surface area (Å²) >= 11 is 0. The van der Waals surface area contributed by atoms with Gasteiger partial charge in [0.2, 0.25) is 0 Å². The second-order valence-electron chi connectivity index (χ2n) is 5.62. The summed E-state index contributed by atoms with van der Waals surface area (Å²) < 4.78 is 2.31. The number of hydrogen-bond donors (Lipinski definition) is 2. The van der Waals surface area contributed by atoms with Crippen molar-refractivity contribution < 1.29 is 5.11 Å². The Balaban J connectivity index is 1.86. The zero-order valence-corrected chi connectivity index (χ0v) is 11.0. The molecule has 1 aromatic rings. The average molecular weight is 250 g/mol. The van der Waals surface area contributed by atoms with E-state index in [0.29, 0.717) is 12.6 Å². The number of nitrogens with one attached hydrogen (secondary N) is 1. The minimum Gasteiger partial charge on any atom is -0.392 e. The lowest BCUT2D eigenvalue weighted by Gasteiger charge is -2.26. The molecular weight excluding hydrogens is 228 g/mol. The first-order valence-electron chi connectivity index (χ1n) is 7.08. The van der Waals surface area contributed by atoms with Crippen LogP contribution in [0.25, 0.3) is 0 Å². The van der Waals surface area contributed by atoms with Crippen LogP contribution in [0.5, 0.6) is 0 Å². The number of β-amino-alcohol motifs (C(OH)–C–C–N with tert-alkyl or cyclic N) is 1. The number of aromatic nitrogens is 3. The van der Waals surface area contributed by atoms with Crippen molar-refractivity contribution in [3.63, 3.8) is 0 Å². The van der Waals surface area contributed by atoms with Crippen LogP contribution in [0.2, 0.25) is 0 Å². The van der Waals surface area contributed by atoms with Crippen molar-refractivity contribution in [1.82, 2.24) is 20.1 Å². The van der Waals surface area contributed by atoms with E-state index in [1.807, 2.05) is 6.92 Å². The van der Waals surface area contributed by atoms with Gasteiger partial charge in [-0.15, -0.1) is 10.2 Å². The number of nitrogens with zero attached hydrogens (tertiary/aromatic N) is 3. The van der Waals surface area contributed by atoms with Gasteiger partial charge in [0.25, 0.3) is 0 Å². The van der Waals surface area contributed by atoms with E-state index in [1.54, 1.807) is 0 Å². The third-order valence-electron chi connectivity index (χ3n) is 4.25. The summed E-state index contributed by atoms with van der Waals surface area (Å²) in [6.07, 6.45) is 6.96. The van der Waals surface area contributed by atoms with Crippen LogP contribution in [0, 0.1) is 6.92 Å². The van der Waals surface area contributed by atoms with E-state index >= 15 is 0 Å². The zero-order chi connectivity index (χ0) is 12.5. The average Bonchev–Trinajstić information content (AvgIpc) is 2.96. The summed E-state index contributed by atoms with van der Waals surface area (Å²) in [5.74, 6) is 2.04. The van der Waals surface area contributed by atoms with Crippen LogP contribution >= 0.6 is 0 Å². The first kappa shape index (κ1) is 12.1. The number of aryl methyl sites for hydroxylation is 1. The summed E-state index contributed by atoms with van der Waals surface area (Å²) in [6.45, 7) is 2.71. The number of aliphatic hydroxyl groups excluding tert-OH is 1. The van der Waals surface area contributed by atoms with Gasteiger partial charge in [0.1, 0.15) is 5.82 Å². The molecule has 1 saturated carbocycles. The van der Waals surface area contributed by atoms with Crippen LogP contribution in [0.1, 0.15) is 62.3 Å². The van der Waals surface area contributed by atoms with E-state index in [4.69, 9.17) is 0 Å². The molecule has 5 heteroatoms. The van der Waals surface area contributed by atoms with Crippen LogP contribution in [0.3, 0.4) is 0 Å². The van der Waals surface area contributed by atoms with E-state index in [1.165, 1.54) is 32.1 Å². The standard InChI is InChI=1S/C13H22N4O/c1-9-15-16-13(12-7-11(18)8-14-12)17(9)10-5-3-2-4-6-10/h10-12,14,18H,2-8H2,1H3/t11-,12+/m1/s1. The van der Waals surface area contributed by atoms with Crippen LogP contribution < -0.4 is 5.32 Å². The molecule has 2 fully saturated rings. The van der Waals surface area contributed by atoms with Gasteiger partial charge < -0.3 is 15.0 Å². The lowest BCUT2D eigenvalue weighted by atomic mass is 9.95. The Morgan fingerprint density at radius 2 is 2.00 bits per heavy atom. The van der Waals surface area contributed by atoms with Gasteiger partial charge in [-0.05, 0) is 26.2 Å². The molecule has 0 unspecified atom stereocenters. The molecule has 0 bridgehead atoms. The van der Waals surface area contributed by atoms with Crippen molar-refractivity contribution in [3.05, 3.63) is 11.6 Å². The van der Waals surface area contributed by atoms with E-state index in [2.05, 4.69) is 20.1 Å². The highest BCUT2D eigenvalue weighted by Crippen LogP contribution is 2.32. The maximum absolute atomic E-state index is 9.65. The second-order valence-corrected chi connectivity index (χ2v) is 5.62. The van der Waals surface area contributed by atoms with Crippen LogP contribution in [-0.2, 0) is 0 Å². The summed E-state index contributed by atoms with van der Waals surface area (Å²) in [5.41, 5.74) is 0. The number of aliphatic hydroxyl groups is 1. The molecule has 0 amide bonds. The predicted molar refractivity (Wildman–Crippen MR) is 68.2 cm³/mol. The van der Waals surface area contributed by atoms with E-state index in [9.17, 15) is 5.11 Å². The fourth-order valence-corrected chi connectivity index (χ4v) is 3.33. The molecule has 0 aromatic carbocycles. The summed E-state index contributed by atoms with van der Waals surface area (Å²) in [5, 5.41) is 21.6. The predicted octanol–water partition coefficient (Wildman–Crippen LogP) is 1.49. The molecule has 1 aromatic heterocycles. The summed E-state index contributed by atoms with van der Waals surface area (Å²) in [6, 6.07) is 0.728. The van der Waals surface area contributed by atoms with Gasteiger partial charge >= 0.3 is 0 Å². The largest absolute Gasteiger partial charge is 0.392 e. The zero-order valence-electron chi connectivity index (χ0n) is 11.0. The topological polar surface area (TPSA) is 63.0 Å². The lowest BCUT2D eigenvalue weighted by Crippen LogP contribution is -2.23. The third kappa shape index (κ3) is 2.17. The SMILES string of the molecule is Cc1nnc([C@@H]2C[C@@H](O)CN2)n1C1CCCCC1. The van der Waals surface area contributed by atoms with Crippen molar-refractivity contribution in [2.75, 3.05) is 6.54 Å². The number of rotatable bonds is 2. The monoisotopic (exact) mass is 250 g/mol. The molecule has 0 spiro atoms. The van der Waals surface area contributed by atoms with Gasteiger partial charge in [0.05, 0.1) is 12.1 Å². The molecule has 1 aliphatic carbocycles. The summed E-state index contributed by atoms with van der Waals surface area (Å²) in [4.78, 5) is 0. The quantitative estimate of drug-likeness (QED) is 0.834. The molecule has 2 N–H and O–H groups in total. The Morgan fingerprint density at radius 3 is 2.67 bits per heavy atom. The van der Waals surface area contributed by atoms with E-state index in [-0.39, 0.29) is 12.1 Å². The molecule has 100 valence electrons. The minimum atomic E-state index is -0.244. The molecule has 2 heterocycles. The molecule has 18 heavy (non-hydrogen) atoms. The Hall–Kier alpha value is -0.940. The third-order valence-corrected chi connectivity index (χ3v) is 4.25. The van der Waals surface area contributed by atoms with Crippen molar-refractivity contribution >= 4 is 0 Å². The van der Waals surface area contributed by atoms with Gasteiger partial charge in [0, 0.05) is 12.6 Å². The maximum atomic E-state index is 9.65. The highest BCUT2D eigenvalue weighted by molar-refractivity contribution is 5.06. The summed E-state index contributed by atoms with van der Waals surface area (Å²) in [7, 11) is 0. The fraction of sp³-hybridized carbons (Fsp3) is 0.846. The van der Waals surface area contributed by atoms with Crippen molar-refractivity contribution in [2.45, 2.75) is 63.6 Å². The van der Waals surface area contributed by atoms with E-state index < -0.39 is 0 Å². The molecular formula is C13H22N4O. The Bertz CT molecular complexity index is 411. The molecule has 0 radical (unpaired) electrons. The maximum Gasteiger partial charge on any atom is 0.150 e.